The molecule has 1 amide bonds. The summed E-state index contributed by atoms with van der Waals surface area (Å²) < 4.78 is 5.36. The lowest BCUT2D eigenvalue weighted by Crippen LogP contribution is -2.26. The lowest BCUT2D eigenvalue weighted by atomic mass is 10.2. The largest absolute Gasteiger partial charge is 0.368 e. The van der Waals surface area contributed by atoms with Gasteiger partial charge in [-0.3, -0.25) is 4.79 Å². The lowest BCUT2D eigenvalue weighted by molar-refractivity contribution is -0.124. The number of hydrogen-bond acceptors (Lipinski definition) is 3. The number of anilines is 3. The first-order valence-corrected chi connectivity index (χ1v) is 8.12. The van der Waals surface area contributed by atoms with Crippen LogP contribution in [-0.4, -0.2) is 18.6 Å². The van der Waals surface area contributed by atoms with E-state index in [1.54, 1.807) is 18.2 Å². The van der Waals surface area contributed by atoms with Crippen LogP contribution in [-0.2, 0) is 9.53 Å². The highest BCUT2D eigenvalue weighted by Crippen LogP contribution is 2.29. The number of carbonyl (C=O) groups excluding carboxylic acids is 1. The van der Waals surface area contributed by atoms with Gasteiger partial charge in [0.2, 0.25) is 0 Å². The first-order valence-electron chi connectivity index (χ1n) is 7.36. The molecule has 1 saturated heterocycles. The predicted molar refractivity (Wildman–Crippen MR) is 93.8 cm³/mol. The fraction of sp³-hybridized carbons (Fsp3) is 0.235. The van der Waals surface area contributed by atoms with Gasteiger partial charge in [0.15, 0.2) is 0 Å². The summed E-state index contributed by atoms with van der Waals surface area (Å²) in [5.41, 5.74) is 2.31. The van der Waals surface area contributed by atoms with E-state index in [1.165, 1.54) is 0 Å². The van der Waals surface area contributed by atoms with Gasteiger partial charge in [0.25, 0.3) is 5.91 Å². The molecule has 0 aliphatic carbocycles. The zero-order chi connectivity index (χ0) is 16.2. The zero-order valence-electron chi connectivity index (χ0n) is 12.3. The average Bonchev–Trinajstić information content (AvgIpc) is 3.07. The van der Waals surface area contributed by atoms with Crippen LogP contribution in [0.3, 0.4) is 0 Å². The Balaban J connectivity index is 1.64. The van der Waals surface area contributed by atoms with Gasteiger partial charge >= 0.3 is 0 Å². The Labute approximate surface area is 144 Å². The molecular formula is C17H16Cl2N2O2. The molecule has 0 radical (unpaired) electrons. The molecule has 3 rings (SSSR count). The van der Waals surface area contributed by atoms with Crippen LogP contribution in [0, 0.1) is 0 Å². The highest BCUT2D eigenvalue weighted by Gasteiger charge is 2.23. The molecule has 0 spiro atoms. The fourth-order valence-electron chi connectivity index (χ4n) is 2.39. The second-order valence-corrected chi connectivity index (χ2v) is 6.16. The van der Waals surface area contributed by atoms with Crippen molar-refractivity contribution in [3.8, 4) is 0 Å². The predicted octanol–water partition coefficient (Wildman–Crippen LogP) is 4.85. The summed E-state index contributed by atoms with van der Waals surface area (Å²) in [5, 5.41) is 7.25. The number of halogens is 2. The van der Waals surface area contributed by atoms with Gasteiger partial charge in [0.1, 0.15) is 6.10 Å². The summed E-state index contributed by atoms with van der Waals surface area (Å²) in [5.74, 6) is -0.0962. The number of carbonyl (C=O) groups is 1. The van der Waals surface area contributed by atoms with Crippen LogP contribution >= 0.6 is 23.2 Å². The van der Waals surface area contributed by atoms with Crippen molar-refractivity contribution in [3.63, 3.8) is 0 Å². The van der Waals surface area contributed by atoms with Gasteiger partial charge in [-0.25, -0.2) is 0 Å². The Morgan fingerprint density at radius 1 is 1.09 bits per heavy atom. The fourth-order valence-corrected chi connectivity index (χ4v) is 2.73. The van der Waals surface area contributed by atoms with E-state index >= 15 is 0 Å². The van der Waals surface area contributed by atoms with Crippen molar-refractivity contribution in [2.45, 2.75) is 18.9 Å². The van der Waals surface area contributed by atoms with E-state index in [1.807, 2.05) is 24.3 Å². The SMILES string of the molecule is O=C(Nc1ccc(Nc2cc(Cl)ccc2Cl)cc1)C1CCCO1. The van der Waals surface area contributed by atoms with Gasteiger partial charge in [0, 0.05) is 23.0 Å². The number of nitrogens with one attached hydrogen (secondary N) is 2. The Kier molecular flexibility index (Phi) is 5.06. The minimum Gasteiger partial charge on any atom is -0.368 e. The number of hydrogen-bond donors (Lipinski definition) is 2. The summed E-state index contributed by atoms with van der Waals surface area (Å²) in [6.07, 6.45) is 1.37. The van der Waals surface area contributed by atoms with Crippen molar-refractivity contribution in [2.24, 2.45) is 0 Å². The summed E-state index contributed by atoms with van der Waals surface area (Å²) in [6, 6.07) is 12.6. The van der Waals surface area contributed by atoms with Gasteiger partial charge in [-0.1, -0.05) is 23.2 Å². The van der Waals surface area contributed by atoms with Crippen LogP contribution in [0.2, 0.25) is 10.0 Å². The molecule has 23 heavy (non-hydrogen) atoms. The van der Waals surface area contributed by atoms with Crippen molar-refractivity contribution in [2.75, 3.05) is 17.2 Å². The van der Waals surface area contributed by atoms with Crippen LogP contribution < -0.4 is 10.6 Å². The second-order valence-electron chi connectivity index (χ2n) is 5.32. The van der Waals surface area contributed by atoms with Crippen LogP contribution in [0.4, 0.5) is 17.1 Å². The van der Waals surface area contributed by atoms with E-state index in [9.17, 15) is 4.79 Å². The van der Waals surface area contributed by atoms with Crippen LogP contribution in [0.1, 0.15) is 12.8 Å². The van der Waals surface area contributed by atoms with E-state index in [0.717, 1.165) is 29.9 Å². The molecule has 2 N–H and O–H groups in total. The van der Waals surface area contributed by atoms with Gasteiger partial charge < -0.3 is 15.4 Å². The highest BCUT2D eigenvalue weighted by atomic mass is 35.5. The number of rotatable bonds is 4. The standard InChI is InChI=1S/C17H16Cl2N2O2/c18-11-3-8-14(19)15(10-11)20-12-4-6-13(7-5-12)21-17(22)16-2-1-9-23-16/h3-8,10,16,20H,1-2,9H2,(H,21,22). The molecule has 120 valence electrons. The van der Waals surface area contributed by atoms with Crippen molar-refractivity contribution < 1.29 is 9.53 Å². The summed E-state index contributed by atoms with van der Waals surface area (Å²) in [4.78, 5) is 12.0. The maximum Gasteiger partial charge on any atom is 0.253 e. The van der Waals surface area contributed by atoms with Crippen LogP contribution in [0.25, 0.3) is 0 Å². The van der Waals surface area contributed by atoms with E-state index in [-0.39, 0.29) is 12.0 Å². The molecule has 6 heteroatoms. The Bertz CT molecular complexity index is 698. The number of benzene rings is 2. The monoisotopic (exact) mass is 350 g/mol. The third-order valence-corrected chi connectivity index (χ3v) is 4.15. The molecule has 1 aliphatic heterocycles. The highest BCUT2D eigenvalue weighted by molar-refractivity contribution is 6.35. The molecule has 0 aromatic heterocycles. The summed E-state index contributed by atoms with van der Waals surface area (Å²) >= 11 is 12.1. The third kappa shape index (κ3) is 4.16. The maximum absolute atomic E-state index is 12.0. The van der Waals surface area contributed by atoms with E-state index < -0.39 is 0 Å². The first-order chi connectivity index (χ1) is 11.1. The quantitative estimate of drug-likeness (QED) is 0.828. The molecule has 2 aromatic carbocycles. The molecule has 0 bridgehead atoms. The molecule has 1 unspecified atom stereocenters. The number of amides is 1. The second kappa shape index (κ2) is 7.21. The van der Waals surface area contributed by atoms with Gasteiger partial charge in [-0.05, 0) is 55.3 Å². The molecule has 1 atom stereocenters. The van der Waals surface area contributed by atoms with Crippen molar-refractivity contribution in [1.29, 1.82) is 0 Å². The third-order valence-electron chi connectivity index (χ3n) is 3.58. The van der Waals surface area contributed by atoms with Crippen molar-refractivity contribution in [3.05, 3.63) is 52.5 Å². The molecular weight excluding hydrogens is 335 g/mol. The molecule has 4 nitrogen and oxygen atoms in total. The Morgan fingerprint density at radius 2 is 1.83 bits per heavy atom. The van der Waals surface area contributed by atoms with Crippen molar-refractivity contribution >= 4 is 46.2 Å². The van der Waals surface area contributed by atoms with E-state index in [4.69, 9.17) is 27.9 Å². The van der Waals surface area contributed by atoms with Crippen LogP contribution in [0.15, 0.2) is 42.5 Å². The Hall–Kier alpha value is -1.75. The molecule has 2 aromatic rings. The minimum atomic E-state index is -0.335. The molecule has 1 fully saturated rings. The maximum atomic E-state index is 12.0. The zero-order valence-corrected chi connectivity index (χ0v) is 13.8. The Morgan fingerprint density at radius 3 is 2.52 bits per heavy atom. The van der Waals surface area contributed by atoms with Crippen LogP contribution in [0.5, 0.6) is 0 Å². The first kappa shape index (κ1) is 16.1. The van der Waals surface area contributed by atoms with Crippen molar-refractivity contribution in [1.82, 2.24) is 0 Å². The van der Waals surface area contributed by atoms with E-state index in [2.05, 4.69) is 10.6 Å². The molecule has 1 aliphatic rings. The summed E-state index contributed by atoms with van der Waals surface area (Å²) in [6.45, 7) is 0.654. The summed E-state index contributed by atoms with van der Waals surface area (Å²) in [7, 11) is 0. The van der Waals surface area contributed by atoms with E-state index in [0.29, 0.717) is 16.7 Å². The van der Waals surface area contributed by atoms with Gasteiger partial charge in [-0.15, -0.1) is 0 Å². The smallest absolute Gasteiger partial charge is 0.253 e. The van der Waals surface area contributed by atoms with Gasteiger partial charge in [-0.2, -0.15) is 0 Å². The lowest BCUT2D eigenvalue weighted by Gasteiger charge is -2.12. The number of ether oxygens (including phenoxy) is 1. The molecule has 0 saturated carbocycles. The molecule has 1 heterocycles. The average molecular weight is 351 g/mol. The minimum absolute atomic E-state index is 0.0962. The van der Waals surface area contributed by atoms with Gasteiger partial charge in [0.05, 0.1) is 10.7 Å². The normalized spacial score (nSPS) is 17.0. The topological polar surface area (TPSA) is 50.4 Å².